The highest BCUT2D eigenvalue weighted by Crippen LogP contribution is 2.30. The molecule has 2 aliphatic heterocycles. The first-order chi connectivity index (χ1) is 35.6. The summed E-state index contributed by atoms with van der Waals surface area (Å²) < 4.78 is 22.7. The molecular formula is C59H99NO13. The quantitative estimate of drug-likeness (QED) is 0.0206. The van der Waals surface area contributed by atoms with Crippen LogP contribution in [0.25, 0.3) is 0 Å². The molecule has 14 nitrogen and oxygen atoms in total. The van der Waals surface area contributed by atoms with Crippen LogP contribution in [0.5, 0.6) is 0 Å². The van der Waals surface area contributed by atoms with Crippen LogP contribution in [0.4, 0.5) is 0 Å². The third kappa shape index (κ3) is 30.3. The van der Waals surface area contributed by atoms with Crippen LogP contribution in [0.3, 0.4) is 0 Å². The highest BCUT2D eigenvalue weighted by Gasteiger charge is 2.51. The van der Waals surface area contributed by atoms with Crippen LogP contribution in [0.2, 0.25) is 0 Å². The SMILES string of the molecule is CC/C=C\C/C=C\C/C=C\C/C=C\C/C=C\CCCCCC(=O)NC(COC1OC(CO)C(OC2OC(CO)C(O)C(O)C2O)C(O)C1O)C(O)/C=C/CC/C=C/CC/C=C/CCCCCCCCCCCC. The summed E-state index contributed by atoms with van der Waals surface area (Å²) in [5.41, 5.74) is 0. The molecule has 418 valence electrons. The fourth-order valence-corrected chi connectivity index (χ4v) is 8.46. The van der Waals surface area contributed by atoms with Crippen LogP contribution in [0.1, 0.15) is 174 Å². The van der Waals surface area contributed by atoms with Crippen molar-refractivity contribution >= 4 is 5.91 Å². The number of hydrogen-bond acceptors (Lipinski definition) is 13. The largest absolute Gasteiger partial charge is 0.394 e. The molecule has 2 saturated heterocycles. The van der Waals surface area contributed by atoms with Crippen LogP contribution >= 0.6 is 0 Å². The Morgan fingerprint density at radius 1 is 0.507 bits per heavy atom. The normalized spacial score (nSPS) is 26.2. The molecule has 0 saturated carbocycles. The van der Waals surface area contributed by atoms with Crippen molar-refractivity contribution in [2.24, 2.45) is 0 Å². The standard InChI is InChI=1S/C59H99NO13/c1-3-5-7-9-11-13-15-17-19-21-23-25-26-28-30-32-34-36-38-40-42-48(63)47(60-51(64)43-41-39-37-35-33-31-29-27-24-22-20-18-16-14-12-10-8-6-4-2)46-70-58-56(69)54(67)57(50(45-62)72-58)73-59-55(68)53(66)52(65)49(44-61)71-59/h6,8,12,14,18,20,24-27,31-34,40,42,47-50,52-59,61-63,65-69H,3-5,7,9-11,13,15-17,19,21-23,28-30,35-39,41,43-46H2,1-2H3,(H,60,64)/b8-6-,14-12-,20-18-,26-25+,27-24-,33-31-,34-32+,42-40+. The third-order valence-corrected chi connectivity index (χ3v) is 13.0. The Labute approximate surface area is 439 Å². The summed E-state index contributed by atoms with van der Waals surface area (Å²) in [6, 6.07) is -0.962. The number of carbonyl (C=O) groups excluding carboxylic acids is 1. The highest BCUT2D eigenvalue weighted by atomic mass is 16.7. The van der Waals surface area contributed by atoms with Crippen molar-refractivity contribution in [1.82, 2.24) is 5.32 Å². The minimum absolute atomic E-state index is 0.225. The van der Waals surface area contributed by atoms with Gasteiger partial charge in [0.25, 0.3) is 0 Å². The smallest absolute Gasteiger partial charge is 0.220 e. The summed E-state index contributed by atoms with van der Waals surface area (Å²) in [6.07, 6.45) is 43.0. The number of unbranched alkanes of at least 4 members (excludes halogenated alkanes) is 15. The first-order valence-electron chi connectivity index (χ1n) is 28.0. The summed E-state index contributed by atoms with van der Waals surface area (Å²) in [5, 5.41) is 86.9. The summed E-state index contributed by atoms with van der Waals surface area (Å²) in [6.45, 7) is 2.61. The van der Waals surface area contributed by atoms with Crippen LogP contribution in [-0.2, 0) is 23.7 Å². The monoisotopic (exact) mass is 1030 g/mol. The lowest BCUT2D eigenvalue weighted by molar-refractivity contribution is -0.359. The average Bonchev–Trinajstić information content (AvgIpc) is 3.39. The molecule has 2 fully saturated rings. The van der Waals surface area contributed by atoms with Crippen molar-refractivity contribution in [3.8, 4) is 0 Å². The van der Waals surface area contributed by atoms with E-state index in [0.29, 0.717) is 12.8 Å². The molecule has 1 amide bonds. The molecule has 2 heterocycles. The number of aliphatic hydroxyl groups is 8. The van der Waals surface area contributed by atoms with Gasteiger partial charge in [-0.2, -0.15) is 0 Å². The lowest BCUT2D eigenvalue weighted by atomic mass is 9.97. The average molecular weight is 1030 g/mol. The lowest BCUT2D eigenvalue weighted by Gasteiger charge is -2.46. The molecule has 14 heteroatoms. The first-order valence-corrected chi connectivity index (χ1v) is 28.0. The fraction of sp³-hybridized carbons (Fsp3) is 0.712. The van der Waals surface area contributed by atoms with Crippen molar-refractivity contribution in [2.45, 2.75) is 248 Å². The second kappa shape index (κ2) is 44.1. The van der Waals surface area contributed by atoms with Gasteiger partial charge < -0.3 is 65.1 Å². The molecule has 0 aromatic rings. The maximum atomic E-state index is 13.2. The Kier molecular flexibility index (Phi) is 39.9. The van der Waals surface area contributed by atoms with Gasteiger partial charge in [0.05, 0.1) is 32.0 Å². The van der Waals surface area contributed by atoms with E-state index >= 15 is 0 Å². The number of ether oxygens (including phenoxy) is 4. The van der Waals surface area contributed by atoms with Gasteiger partial charge in [-0.05, 0) is 89.9 Å². The molecular weight excluding hydrogens is 931 g/mol. The number of amides is 1. The van der Waals surface area contributed by atoms with E-state index < -0.39 is 86.8 Å². The van der Waals surface area contributed by atoms with Crippen molar-refractivity contribution < 1.29 is 64.6 Å². The predicted molar refractivity (Wildman–Crippen MR) is 290 cm³/mol. The van der Waals surface area contributed by atoms with Gasteiger partial charge >= 0.3 is 0 Å². The summed E-state index contributed by atoms with van der Waals surface area (Å²) in [5.74, 6) is -0.289. The third-order valence-electron chi connectivity index (χ3n) is 13.0. The Morgan fingerprint density at radius 3 is 1.51 bits per heavy atom. The van der Waals surface area contributed by atoms with Gasteiger partial charge in [-0.25, -0.2) is 0 Å². The molecule has 0 spiro atoms. The molecule has 0 aromatic carbocycles. The zero-order valence-electron chi connectivity index (χ0n) is 44.6. The van der Waals surface area contributed by atoms with E-state index in [9.17, 15) is 45.6 Å². The lowest BCUT2D eigenvalue weighted by Crippen LogP contribution is -2.65. The number of carbonyl (C=O) groups is 1. The second-order valence-corrected chi connectivity index (χ2v) is 19.3. The molecule has 0 radical (unpaired) electrons. The van der Waals surface area contributed by atoms with E-state index in [2.05, 4.69) is 104 Å². The molecule has 9 N–H and O–H groups in total. The zero-order chi connectivity index (χ0) is 53.2. The van der Waals surface area contributed by atoms with E-state index in [1.807, 2.05) is 6.08 Å². The highest BCUT2D eigenvalue weighted by molar-refractivity contribution is 5.76. The van der Waals surface area contributed by atoms with E-state index in [1.54, 1.807) is 6.08 Å². The second-order valence-electron chi connectivity index (χ2n) is 19.3. The van der Waals surface area contributed by atoms with Crippen molar-refractivity contribution in [3.05, 3.63) is 97.2 Å². The van der Waals surface area contributed by atoms with Crippen molar-refractivity contribution in [2.75, 3.05) is 19.8 Å². The van der Waals surface area contributed by atoms with Gasteiger partial charge in [-0.15, -0.1) is 0 Å². The van der Waals surface area contributed by atoms with Crippen LogP contribution in [0, 0.1) is 0 Å². The number of allylic oxidation sites excluding steroid dienone is 15. The van der Waals surface area contributed by atoms with Gasteiger partial charge in [-0.3, -0.25) is 4.79 Å². The summed E-state index contributed by atoms with van der Waals surface area (Å²) in [4.78, 5) is 13.2. The zero-order valence-corrected chi connectivity index (χ0v) is 44.6. The van der Waals surface area contributed by atoms with E-state index in [0.717, 1.165) is 77.0 Å². The Hall–Kier alpha value is -3.09. The number of hydrogen-bond donors (Lipinski definition) is 9. The van der Waals surface area contributed by atoms with Crippen molar-refractivity contribution in [3.63, 3.8) is 0 Å². The van der Waals surface area contributed by atoms with E-state index in [-0.39, 0.29) is 18.9 Å². The van der Waals surface area contributed by atoms with E-state index in [4.69, 9.17) is 18.9 Å². The molecule has 2 aliphatic rings. The minimum Gasteiger partial charge on any atom is -0.394 e. The van der Waals surface area contributed by atoms with Gasteiger partial charge in [-0.1, -0.05) is 175 Å². The Balaban J connectivity index is 1.86. The molecule has 0 aromatic heterocycles. The number of nitrogens with one attached hydrogen (secondary N) is 1. The fourth-order valence-electron chi connectivity index (χ4n) is 8.46. The molecule has 73 heavy (non-hydrogen) atoms. The molecule has 2 rings (SSSR count). The van der Waals surface area contributed by atoms with Crippen LogP contribution in [-0.4, -0.2) is 140 Å². The predicted octanol–water partition coefficient (Wildman–Crippen LogP) is 8.71. The topological polar surface area (TPSA) is 228 Å². The van der Waals surface area contributed by atoms with E-state index in [1.165, 1.54) is 64.2 Å². The maximum Gasteiger partial charge on any atom is 0.220 e. The Bertz CT molecular complexity index is 1590. The first kappa shape index (κ1) is 66.0. The molecule has 12 unspecified atom stereocenters. The van der Waals surface area contributed by atoms with Gasteiger partial charge in [0.1, 0.15) is 48.8 Å². The van der Waals surface area contributed by atoms with Crippen LogP contribution < -0.4 is 5.32 Å². The molecule has 0 bridgehead atoms. The summed E-state index contributed by atoms with van der Waals surface area (Å²) >= 11 is 0. The van der Waals surface area contributed by atoms with Gasteiger partial charge in [0, 0.05) is 6.42 Å². The minimum atomic E-state index is -1.80. The number of aliphatic hydroxyl groups excluding tert-OH is 8. The van der Waals surface area contributed by atoms with Gasteiger partial charge in [0.15, 0.2) is 12.6 Å². The maximum absolute atomic E-state index is 13.2. The number of rotatable bonds is 42. The molecule has 12 atom stereocenters. The Morgan fingerprint density at radius 2 is 0.959 bits per heavy atom. The van der Waals surface area contributed by atoms with Gasteiger partial charge in [0.2, 0.25) is 5.91 Å². The van der Waals surface area contributed by atoms with Crippen LogP contribution in [0.15, 0.2) is 97.2 Å². The van der Waals surface area contributed by atoms with Crippen molar-refractivity contribution in [1.29, 1.82) is 0 Å². The molecule has 0 aliphatic carbocycles. The summed E-state index contributed by atoms with van der Waals surface area (Å²) in [7, 11) is 0.